The molecule has 0 N–H and O–H groups in total. The van der Waals surface area contributed by atoms with Crippen LogP contribution in [0, 0.1) is 6.92 Å². The van der Waals surface area contributed by atoms with Gasteiger partial charge in [0.2, 0.25) is 5.91 Å². The van der Waals surface area contributed by atoms with Gasteiger partial charge < -0.3 is 4.90 Å². The second kappa shape index (κ2) is 10.4. The molecule has 0 spiro atoms. The molecule has 6 nitrogen and oxygen atoms in total. The Balaban J connectivity index is 1.95. The van der Waals surface area contributed by atoms with Gasteiger partial charge in [0, 0.05) is 25.5 Å². The molecule has 0 unspecified atom stereocenters. The summed E-state index contributed by atoms with van der Waals surface area (Å²) in [4.78, 5) is 19.2. The number of aromatic nitrogens is 1. The average Bonchev–Trinajstić information content (AvgIpc) is 2.81. The van der Waals surface area contributed by atoms with Crippen LogP contribution in [0.15, 0.2) is 78.0 Å². The second-order valence-corrected chi connectivity index (χ2v) is 11.3. The monoisotopic (exact) mass is 479 g/mol. The van der Waals surface area contributed by atoms with Crippen LogP contribution in [0.25, 0.3) is 0 Å². The highest BCUT2D eigenvalue weighted by molar-refractivity contribution is 7.92. The summed E-state index contributed by atoms with van der Waals surface area (Å²) in [5.41, 5.74) is 3.30. The number of sulfonamides is 1. The lowest BCUT2D eigenvalue weighted by Crippen LogP contribution is -2.42. The maximum absolute atomic E-state index is 13.7. The highest BCUT2D eigenvalue weighted by Gasteiger charge is 2.29. The predicted molar refractivity (Wildman–Crippen MR) is 136 cm³/mol. The third-order valence-corrected chi connectivity index (χ3v) is 7.53. The number of nitrogens with zero attached hydrogens (tertiary/aromatic N) is 3. The van der Waals surface area contributed by atoms with E-state index < -0.39 is 10.0 Å². The molecule has 180 valence electrons. The van der Waals surface area contributed by atoms with E-state index >= 15 is 0 Å². The van der Waals surface area contributed by atoms with Gasteiger partial charge in [-0.1, -0.05) is 56.7 Å². The first kappa shape index (κ1) is 25.4. The number of anilines is 1. The Hall–Kier alpha value is -3.19. The minimum atomic E-state index is -3.97. The van der Waals surface area contributed by atoms with E-state index in [0.717, 1.165) is 16.7 Å². The second-order valence-electron chi connectivity index (χ2n) is 9.39. The Morgan fingerprint density at radius 2 is 1.62 bits per heavy atom. The van der Waals surface area contributed by atoms with Crippen molar-refractivity contribution in [2.75, 3.05) is 17.4 Å². The van der Waals surface area contributed by atoms with Crippen molar-refractivity contribution in [1.29, 1.82) is 0 Å². The molecule has 0 saturated carbocycles. The number of pyridine rings is 1. The third-order valence-electron chi connectivity index (χ3n) is 5.74. The molecule has 7 heteroatoms. The van der Waals surface area contributed by atoms with Crippen molar-refractivity contribution in [2.45, 2.75) is 51.5 Å². The zero-order chi connectivity index (χ0) is 24.9. The first-order chi connectivity index (χ1) is 16.0. The highest BCUT2D eigenvalue weighted by atomic mass is 32.2. The molecule has 0 fully saturated rings. The van der Waals surface area contributed by atoms with Gasteiger partial charge in [0.1, 0.15) is 6.54 Å². The Bertz CT molecular complexity index is 1200. The average molecular weight is 480 g/mol. The van der Waals surface area contributed by atoms with Gasteiger partial charge in [-0.25, -0.2) is 8.42 Å². The molecule has 0 bridgehead atoms. The summed E-state index contributed by atoms with van der Waals surface area (Å²) < 4.78 is 28.7. The molecule has 0 atom stereocenters. The smallest absolute Gasteiger partial charge is 0.264 e. The van der Waals surface area contributed by atoms with Gasteiger partial charge in [0.25, 0.3) is 10.0 Å². The van der Waals surface area contributed by atoms with E-state index in [0.29, 0.717) is 18.8 Å². The molecule has 34 heavy (non-hydrogen) atoms. The van der Waals surface area contributed by atoms with Crippen molar-refractivity contribution >= 4 is 21.6 Å². The van der Waals surface area contributed by atoms with E-state index in [-0.39, 0.29) is 22.8 Å². The number of benzene rings is 2. The van der Waals surface area contributed by atoms with E-state index in [2.05, 4.69) is 25.8 Å². The van der Waals surface area contributed by atoms with Crippen LogP contribution >= 0.6 is 0 Å². The van der Waals surface area contributed by atoms with Crippen molar-refractivity contribution in [3.8, 4) is 0 Å². The molecule has 1 amide bonds. The Morgan fingerprint density at radius 3 is 2.15 bits per heavy atom. The van der Waals surface area contributed by atoms with E-state index in [4.69, 9.17) is 0 Å². The van der Waals surface area contributed by atoms with Crippen LogP contribution in [0.3, 0.4) is 0 Å². The number of amides is 1. The molecule has 0 saturated heterocycles. The van der Waals surface area contributed by atoms with E-state index in [1.54, 1.807) is 41.6 Å². The van der Waals surface area contributed by atoms with Gasteiger partial charge in [-0.2, -0.15) is 0 Å². The fourth-order valence-corrected chi connectivity index (χ4v) is 5.01. The van der Waals surface area contributed by atoms with Crippen LogP contribution in [0.5, 0.6) is 0 Å². The molecule has 3 aromatic rings. The van der Waals surface area contributed by atoms with Gasteiger partial charge in [-0.3, -0.25) is 14.1 Å². The summed E-state index contributed by atoms with van der Waals surface area (Å²) in [6.45, 7) is 10.6. The predicted octanol–water partition coefficient (Wildman–Crippen LogP) is 4.93. The van der Waals surface area contributed by atoms with Crippen LogP contribution in [-0.4, -0.2) is 37.3 Å². The molecule has 1 aromatic heterocycles. The largest absolute Gasteiger partial charge is 0.337 e. The molecule has 2 aromatic carbocycles. The molecule has 0 aliphatic heterocycles. The molecule has 0 aliphatic rings. The lowest BCUT2D eigenvalue weighted by molar-refractivity contribution is -0.129. The summed E-state index contributed by atoms with van der Waals surface area (Å²) in [6, 6.07) is 17.8. The molecule has 0 radical (unpaired) electrons. The van der Waals surface area contributed by atoms with Gasteiger partial charge in [0.05, 0.1) is 10.6 Å². The molecule has 3 rings (SSSR count). The van der Waals surface area contributed by atoms with Crippen molar-refractivity contribution in [1.82, 2.24) is 9.88 Å². The van der Waals surface area contributed by atoms with Crippen LogP contribution in [0.4, 0.5) is 5.69 Å². The SMILES string of the molecule is CCN(Cc1cccnc1)C(=O)CN(c1ccc(C)cc1)S(=O)(=O)c1ccc(C(C)(C)C)cc1. The van der Waals surface area contributed by atoms with E-state index in [1.165, 1.54) is 4.31 Å². The van der Waals surface area contributed by atoms with Crippen LogP contribution < -0.4 is 4.31 Å². The topological polar surface area (TPSA) is 70.6 Å². The summed E-state index contributed by atoms with van der Waals surface area (Å²) in [5, 5.41) is 0. The van der Waals surface area contributed by atoms with Crippen LogP contribution in [0.1, 0.15) is 44.4 Å². The normalized spacial score (nSPS) is 11.8. The standard InChI is InChI=1S/C27H33N3O3S/c1-6-29(19-22-8-7-17-28-18-22)26(31)20-30(24-13-9-21(2)10-14-24)34(32,33)25-15-11-23(12-16-25)27(3,4)5/h7-18H,6,19-20H2,1-5H3. The number of likely N-dealkylation sites (N-methyl/N-ethyl adjacent to an activating group) is 1. The highest BCUT2D eigenvalue weighted by Crippen LogP contribution is 2.27. The Morgan fingerprint density at radius 1 is 0.971 bits per heavy atom. The minimum absolute atomic E-state index is 0.0944. The zero-order valence-electron chi connectivity index (χ0n) is 20.5. The van der Waals surface area contributed by atoms with Crippen molar-refractivity contribution in [3.63, 3.8) is 0 Å². The van der Waals surface area contributed by atoms with E-state index in [9.17, 15) is 13.2 Å². The number of carbonyl (C=O) groups excluding carboxylic acids is 1. The van der Waals surface area contributed by atoms with Gasteiger partial charge in [-0.05, 0) is 60.7 Å². The minimum Gasteiger partial charge on any atom is -0.337 e. The first-order valence-corrected chi connectivity index (χ1v) is 12.8. The molecular weight excluding hydrogens is 446 g/mol. The zero-order valence-corrected chi connectivity index (χ0v) is 21.3. The fraction of sp³-hybridized carbons (Fsp3) is 0.333. The Kier molecular flexibility index (Phi) is 7.77. The van der Waals surface area contributed by atoms with E-state index in [1.807, 2.05) is 50.2 Å². The first-order valence-electron chi connectivity index (χ1n) is 11.4. The van der Waals surface area contributed by atoms with Gasteiger partial charge >= 0.3 is 0 Å². The summed E-state index contributed by atoms with van der Waals surface area (Å²) in [6.07, 6.45) is 3.39. The number of rotatable bonds is 8. The number of carbonyl (C=O) groups is 1. The molecular formula is C27H33N3O3S. The molecule has 0 aliphatic carbocycles. The van der Waals surface area contributed by atoms with Crippen LogP contribution in [0.2, 0.25) is 0 Å². The summed E-state index contributed by atoms with van der Waals surface area (Å²) in [7, 11) is -3.97. The number of aryl methyl sites for hydroxylation is 1. The maximum atomic E-state index is 13.7. The fourth-order valence-electron chi connectivity index (χ4n) is 3.59. The third kappa shape index (κ3) is 6.03. The van der Waals surface area contributed by atoms with Gasteiger partial charge in [0.15, 0.2) is 0 Å². The van der Waals surface area contributed by atoms with Crippen molar-refractivity contribution in [3.05, 3.63) is 89.7 Å². The number of hydrogen-bond donors (Lipinski definition) is 0. The summed E-state index contributed by atoms with van der Waals surface area (Å²) in [5.74, 6) is -0.276. The maximum Gasteiger partial charge on any atom is 0.264 e. The summed E-state index contributed by atoms with van der Waals surface area (Å²) >= 11 is 0. The van der Waals surface area contributed by atoms with Gasteiger partial charge in [-0.15, -0.1) is 0 Å². The lowest BCUT2D eigenvalue weighted by atomic mass is 9.87. The van der Waals surface area contributed by atoms with Crippen molar-refractivity contribution < 1.29 is 13.2 Å². The van der Waals surface area contributed by atoms with Crippen LogP contribution in [-0.2, 0) is 26.8 Å². The number of hydrogen-bond acceptors (Lipinski definition) is 4. The van der Waals surface area contributed by atoms with Crippen molar-refractivity contribution in [2.24, 2.45) is 0 Å². The molecule has 1 heterocycles. The lowest BCUT2D eigenvalue weighted by Gasteiger charge is -2.28. The quantitative estimate of drug-likeness (QED) is 0.459. The Labute approximate surface area is 203 Å².